The van der Waals surface area contributed by atoms with Crippen LogP contribution in [0.5, 0.6) is 5.75 Å². The third-order valence-corrected chi connectivity index (χ3v) is 5.77. The fraction of sp³-hybridized carbons (Fsp3) is 0.458. The molecule has 1 saturated heterocycles. The highest BCUT2D eigenvalue weighted by molar-refractivity contribution is 5.77. The lowest BCUT2D eigenvalue weighted by Crippen LogP contribution is -2.46. The molecule has 6 heteroatoms. The molecule has 3 rings (SSSR count). The van der Waals surface area contributed by atoms with Gasteiger partial charge < -0.3 is 19.9 Å². The monoisotopic (exact) mass is 413 g/mol. The maximum atomic E-state index is 14.0. The number of carbonyl (C=O) groups is 1. The zero-order chi connectivity index (χ0) is 21.5. The molecule has 2 aromatic carbocycles. The molecule has 0 aliphatic carbocycles. The largest absolute Gasteiger partial charge is 0.497 e. The number of carbonyl (C=O) groups excluding carboxylic acids is 1. The minimum atomic E-state index is -0.279. The second-order valence-electron chi connectivity index (χ2n) is 7.77. The summed E-state index contributed by atoms with van der Waals surface area (Å²) in [5.74, 6) is 0.462. The number of halogens is 1. The highest BCUT2D eigenvalue weighted by Crippen LogP contribution is 2.28. The zero-order valence-corrected chi connectivity index (χ0v) is 18.2. The number of rotatable bonds is 8. The molecule has 0 radical (unpaired) electrons. The second kappa shape index (κ2) is 10.4. The van der Waals surface area contributed by atoms with Gasteiger partial charge in [0.25, 0.3) is 0 Å². The smallest absolute Gasteiger partial charge is 0.220 e. The van der Waals surface area contributed by atoms with Gasteiger partial charge in [-0.05, 0) is 55.8 Å². The first-order valence-electron chi connectivity index (χ1n) is 10.7. The van der Waals surface area contributed by atoms with Crippen LogP contribution in [0.4, 0.5) is 10.1 Å². The summed E-state index contributed by atoms with van der Waals surface area (Å²) in [6.07, 6.45) is 1.00. The Balaban J connectivity index is 1.63. The molecule has 1 aliphatic rings. The Morgan fingerprint density at radius 1 is 1.17 bits per heavy atom. The van der Waals surface area contributed by atoms with Gasteiger partial charge in [-0.15, -0.1) is 0 Å². The molecule has 1 aliphatic heterocycles. The molecular weight excluding hydrogens is 381 g/mol. The van der Waals surface area contributed by atoms with Crippen molar-refractivity contribution in [2.45, 2.75) is 32.7 Å². The van der Waals surface area contributed by atoms with Crippen molar-refractivity contribution < 1.29 is 13.9 Å². The molecule has 1 amide bonds. The summed E-state index contributed by atoms with van der Waals surface area (Å²) in [7, 11) is 1.63. The Morgan fingerprint density at radius 3 is 2.63 bits per heavy atom. The molecule has 1 heterocycles. The lowest BCUT2D eigenvalue weighted by molar-refractivity contribution is -0.121. The first-order valence-corrected chi connectivity index (χ1v) is 10.7. The topological polar surface area (TPSA) is 44.8 Å². The van der Waals surface area contributed by atoms with Gasteiger partial charge in [-0.1, -0.05) is 19.1 Å². The number of hydrogen-bond donors (Lipinski definition) is 1. The van der Waals surface area contributed by atoms with Gasteiger partial charge in [0.15, 0.2) is 0 Å². The van der Waals surface area contributed by atoms with Crippen LogP contribution < -0.4 is 15.0 Å². The van der Waals surface area contributed by atoms with Crippen LogP contribution in [0, 0.1) is 5.82 Å². The number of ether oxygens (including phenoxy) is 1. The Bertz CT molecular complexity index is 850. The fourth-order valence-electron chi connectivity index (χ4n) is 3.94. The van der Waals surface area contributed by atoms with Crippen molar-refractivity contribution in [1.82, 2.24) is 10.2 Å². The van der Waals surface area contributed by atoms with Gasteiger partial charge in [-0.25, -0.2) is 4.39 Å². The van der Waals surface area contributed by atoms with Crippen molar-refractivity contribution in [2.75, 3.05) is 44.7 Å². The number of methoxy groups -OCH3 is 1. The highest BCUT2D eigenvalue weighted by Gasteiger charge is 2.21. The molecule has 0 aromatic heterocycles. The number of piperazine rings is 1. The van der Waals surface area contributed by atoms with Crippen molar-refractivity contribution >= 4 is 11.6 Å². The molecule has 1 atom stereocenters. The highest BCUT2D eigenvalue weighted by atomic mass is 19.1. The average molecular weight is 414 g/mol. The summed E-state index contributed by atoms with van der Waals surface area (Å²) in [5.41, 5.74) is 2.89. The molecule has 2 aromatic rings. The van der Waals surface area contributed by atoms with E-state index in [9.17, 15) is 9.18 Å². The van der Waals surface area contributed by atoms with Crippen molar-refractivity contribution in [1.29, 1.82) is 0 Å². The summed E-state index contributed by atoms with van der Waals surface area (Å²) < 4.78 is 19.3. The third kappa shape index (κ3) is 5.72. The number of likely N-dealkylation sites (N-methyl/N-ethyl adjacent to an activating group) is 1. The molecule has 0 saturated carbocycles. The van der Waals surface area contributed by atoms with E-state index in [4.69, 9.17) is 4.74 Å². The molecule has 0 bridgehead atoms. The molecule has 1 N–H and O–H groups in total. The number of anilines is 1. The first kappa shape index (κ1) is 22.1. The Kier molecular flexibility index (Phi) is 7.69. The van der Waals surface area contributed by atoms with Crippen LogP contribution in [0.3, 0.4) is 0 Å². The van der Waals surface area contributed by atoms with E-state index in [0.29, 0.717) is 12.8 Å². The lowest BCUT2D eigenvalue weighted by atomic mass is 10.0. The number of benzene rings is 2. The van der Waals surface area contributed by atoms with E-state index < -0.39 is 0 Å². The molecule has 162 valence electrons. The van der Waals surface area contributed by atoms with Crippen LogP contribution in [0.1, 0.15) is 37.4 Å². The second-order valence-corrected chi connectivity index (χ2v) is 7.77. The minimum absolute atomic E-state index is 0.0451. The number of nitrogens with zero attached hydrogens (tertiary/aromatic N) is 2. The SMILES string of the molecule is CCN1CCN(c2ccc(F)cc2C(C)NC(=O)CCc2cccc(OC)c2)CC1. The average Bonchev–Trinajstić information content (AvgIpc) is 2.78. The van der Waals surface area contributed by atoms with Gasteiger partial charge in [0, 0.05) is 43.9 Å². The standard InChI is InChI=1S/C24H32FN3O2/c1-4-27-12-14-28(15-13-27)23-10-9-20(25)17-22(23)18(2)26-24(29)11-8-19-6-5-7-21(16-19)30-3/h5-7,9-10,16-18H,4,8,11-15H2,1-3H3,(H,26,29). The minimum Gasteiger partial charge on any atom is -0.497 e. The maximum absolute atomic E-state index is 14.0. The van der Waals surface area contributed by atoms with Crippen LogP contribution in [0.15, 0.2) is 42.5 Å². The summed E-state index contributed by atoms with van der Waals surface area (Å²) in [6, 6.07) is 12.4. The van der Waals surface area contributed by atoms with Crippen molar-refractivity contribution in [2.24, 2.45) is 0 Å². The number of hydrogen-bond acceptors (Lipinski definition) is 4. The van der Waals surface area contributed by atoms with Crippen LogP contribution in [-0.2, 0) is 11.2 Å². The fourth-order valence-corrected chi connectivity index (χ4v) is 3.94. The van der Waals surface area contributed by atoms with E-state index in [0.717, 1.165) is 55.3 Å². The van der Waals surface area contributed by atoms with E-state index >= 15 is 0 Å². The summed E-state index contributed by atoms with van der Waals surface area (Å²) in [5, 5.41) is 3.05. The van der Waals surface area contributed by atoms with E-state index in [1.54, 1.807) is 13.2 Å². The summed E-state index contributed by atoms with van der Waals surface area (Å²) in [6.45, 7) is 8.94. The summed E-state index contributed by atoms with van der Waals surface area (Å²) in [4.78, 5) is 17.3. The predicted octanol–water partition coefficient (Wildman–Crippen LogP) is 3.79. The van der Waals surface area contributed by atoms with E-state index in [1.807, 2.05) is 37.3 Å². The molecule has 1 unspecified atom stereocenters. The van der Waals surface area contributed by atoms with Gasteiger partial charge in [0.05, 0.1) is 13.2 Å². The predicted molar refractivity (Wildman–Crippen MR) is 119 cm³/mol. The molecule has 0 spiro atoms. The van der Waals surface area contributed by atoms with Crippen molar-refractivity contribution in [3.63, 3.8) is 0 Å². The lowest BCUT2D eigenvalue weighted by Gasteiger charge is -2.37. The van der Waals surface area contributed by atoms with Gasteiger partial charge in [-0.2, -0.15) is 0 Å². The molecule has 1 fully saturated rings. The summed E-state index contributed by atoms with van der Waals surface area (Å²) >= 11 is 0. The Hall–Kier alpha value is -2.60. The number of amides is 1. The van der Waals surface area contributed by atoms with Gasteiger partial charge >= 0.3 is 0 Å². The van der Waals surface area contributed by atoms with Gasteiger partial charge in [0.1, 0.15) is 11.6 Å². The van der Waals surface area contributed by atoms with Crippen molar-refractivity contribution in [3.8, 4) is 5.75 Å². The molecular formula is C24H32FN3O2. The van der Waals surface area contributed by atoms with Gasteiger partial charge in [0.2, 0.25) is 5.91 Å². The normalized spacial score (nSPS) is 15.7. The quantitative estimate of drug-likeness (QED) is 0.715. The molecule has 5 nitrogen and oxygen atoms in total. The first-order chi connectivity index (χ1) is 14.5. The Labute approximate surface area is 178 Å². The van der Waals surface area contributed by atoms with E-state index in [2.05, 4.69) is 22.0 Å². The Morgan fingerprint density at radius 2 is 1.93 bits per heavy atom. The van der Waals surface area contributed by atoms with Crippen LogP contribution in [-0.4, -0.2) is 50.6 Å². The third-order valence-electron chi connectivity index (χ3n) is 5.77. The van der Waals surface area contributed by atoms with Crippen LogP contribution in [0.25, 0.3) is 0 Å². The number of nitrogens with one attached hydrogen (secondary N) is 1. The van der Waals surface area contributed by atoms with Crippen LogP contribution in [0.2, 0.25) is 0 Å². The van der Waals surface area contributed by atoms with Crippen molar-refractivity contribution in [3.05, 3.63) is 59.4 Å². The van der Waals surface area contributed by atoms with E-state index in [1.165, 1.54) is 6.07 Å². The van der Waals surface area contributed by atoms with Crippen LogP contribution >= 0.6 is 0 Å². The zero-order valence-electron chi connectivity index (χ0n) is 18.2. The van der Waals surface area contributed by atoms with Gasteiger partial charge in [-0.3, -0.25) is 4.79 Å². The van der Waals surface area contributed by atoms with E-state index in [-0.39, 0.29) is 17.8 Å². The number of aryl methyl sites for hydroxylation is 1. The molecule has 30 heavy (non-hydrogen) atoms. The maximum Gasteiger partial charge on any atom is 0.220 e.